The van der Waals surface area contributed by atoms with Gasteiger partial charge in [-0.1, -0.05) is 6.07 Å². The summed E-state index contributed by atoms with van der Waals surface area (Å²) in [6.07, 6.45) is 2.33. The van der Waals surface area contributed by atoms with Crippen LogP contribution in [0.1, 0.15) is 11.3 Å². The third kappa shape index (κ3) is 3.70. The van der Waals surface area contributed by atoms with Crippen LogP contribution in [0.3, 0.4) is 0 Å². The molecule has 2 aromatic heterocycles. The van der Waals surface area contributed by atoms with Crippen LogP contribution in [0, 0.1) is 0 Å². The summed E-state index contributed by atoms with van der Waals surface area (Å²) in [7, 11) is 0. The highest BCUT2D eigenvalue weighted by Crippen LogP contribution is 2.28. The predicted octanol–water partition coefficient (Wildman–Crippen LogP) is 2.92. The Kier molecular flexibility index (Phi) is 5.10. The number of benzene rings is 1. The highest BCUT2D eigenvalue weighted by molar-refractivity contribution is 7.08. The van der Waals surface area contributed by atoms with Crippen molar-refractivity contribution in [1.29, 1.82) is 0 Å². The Bertz CT molecular complexity index is 862. The van der Waals surface area contributed by atoms with Crippen LogP contribution in [0.15, 0.2) is 47.4 Å². The van der Waals surface area contributed by atoms with Gasteiger partial charge in [0.15, 0.2) is 0 Å². The van der Waals surface area contributed by atoms with Crippen LogP contribution >= 0.6 is 11.3 Å². The van der Waals surface area contributed by atoms with Crippen molar-refractivity contribution in [2.45, 2.75) is 6.42 Å². The lowest BCUT2D eigenvalue weighted by Crippen LogP contribution is -2.36. The summed E-state index contributed by atoms with van der Waals surface area (Å²) in [6, 6.07) is 10.5. The van der Waals surface area contributed by atoms with Gasteiger partial charge in [0.05, 0.1) is 24.6 Å². The first-order chi connectivity index (χ1) is 12.8. The lowest BCUT2D eigenvalue weighted by molar-refractivity contribution is 0.122. The Morgan fingerprint density at radius 2 is 2.00 bits per heavy atom. The van der Waals surface area contributed by atoms with Gasteiger partial charge in [-0.2, -0.15) is 11.3 Å². The largest absolute Gasteiger partial charge is 0.378 e. The van der Waals surface area contributed by atoms with Gasteiger partial charge in [0.25, 0.3) is 0 Å². The minimum absolute atomic E-state index is 0.692. The van der Waals surface area contributed by atoms with Crippen molar-refractivity contribution in [3.8, 4) is 11.1 Å². The van der Waals surface area contributed by atoms with E-state index in [1.54, 1.807) is 17.7 Å². The van der Waals surface area contributed by atoms with Gasteiger partial charge in [-0.25, -0.2) is 9.97 Å². The Hall–Kier alpha value is -2.48. The molecular formula is C19H21N5OS. The summed E-state index contributed by atoms with van der Waals surface area (Å²) in [5.41, 5.74) is 8.20. The fourth-order valence-corrected chi connectivity index (χ4v) is 3.80. The van der Waals surface area contributed by atoms with Crippen LogP contribution in [0.4, 0.5) is 11.5 Å². The first kappa shape index (κ1) is 17.0. The van der Waals surface area contributed by atoms with Crippen molar-refractivity contribution < 1.29 is 4.74 Å². The minimum Gasteiger partial charge on any atom is -0.378 e. The van der Waals surface area contributed by atoms with Crippen LogP contribution < -0.4 is 16.2 Å². The number of hydrogen-bond donors (Lipinski definition) is 2. The number of aromatic nitrogens is 2. The van der Waals surface area contributed by atoms with E-state index < -0.39 is 0 Å². The van der Waals surface area contributed by atoms with Crippen LogP contribution in [0.2, 0.25) is 0 Å². The Morgan fingerprint density at radius 3 is 2.77 bits per heavy atom. The van der Waals surface area contributed by atoms with Crippen LogP contribution in [0.25, 0.3) is 11.1 Å². The van der Waals surface area contributed by atoms with Crippen molar-refractivity contribution >= 4 is 22.8 Å². The molecule has 7 heteroatoms. The number of ether oxygens (including phenoxy) is 1. The number of rotatable bonds is 5. The molecule has 0 bridgehead atoms. The number of nitrogen functional groups attached to an aromatic ring is 1. The van der Waals surface area contributed by atoms with Crippen molar-refractivity contribution in [1.82, 2.24) is 9.97 Å². The van der Waals surface area contributed by atoms with Gasteiger partial charge in [-0.15, -0.1) is 0 Å². The number of hydrazine groups is 1. The Morgan fingerprint density at radius 1 is 1.12 bits per heavy atom. The van der Waals surface area contributed by atoms with Gasteiger partial charge >= 0.3 is 0 Å². The fraction of sp³-hybridized carbons (Fsp3) is 0.263. The van der Waals surface area contributed by atoms with E-state index >= 15 is 0 Å². The van der Waals surface area contributed by atoms with Crippen molar-refractivity contribution in [3.05, 3.63) is 58.7 Å². The normalized spacial score (nSPS) is 14.4. The number of anilines is 2. The molecule has 134 valence electrons. The molecule has 0 amide bonds. The molecule has 1 aromatic carbocycles. The average Bonchev–Trinajstić information content (AvgIpc) is 3.24. The molecule has 6 nitrogen and oxygen atoms in total. The molecule has 1 fully saturated rings. The summed E-state index contributed by atoms with van der Waals surface area (Å²) < 4.78 is 5.42. The van der Waals surface area contributed by atoms with Gasteiger partial charge < -0.3 is 15.1 Å². The molecule has 0 saturated carbocycles. The van der Waals surface area contributed by atoms with E-state index in [1.165, 1.54) is 11.1 Å². The molecule has 0 unspecified atom stereocenters. The topological polar surface area (TPSA) is 76.3 Å². The van der Waals surface area contributed by atoms with E-state index in [4.69, 9.17) is 10.6 Å². The molecule has 1 saturated heterocycles. The summed E-state index contributed by atoms with van der Waals surface area (Å²) in [6.45, 7) is 3.20. The Balaban J connectivity index is 1.61. The van der Waals surface area contributed by atoms with Gasteiger partial charge in [-0.3, -0.25) is 5.84 Å². The molecule has 4 rings (SSSR count). The first-order valence-electron chi connectivity index (χ1n) is 8.59. The maximum Gasteiger partial charge on any atom is 0.132 e. The standard InChI is InChI=1S/C19H21N5OS/c20-23-18-2-1-14(15-3-8-26-12-15)9-16(18)10-17-11-19(22-13-21-17)24-4-6-25-7-5-24/h1-3,8-9,11-13,23H,4-7,10,20H2. The van der Waals surface area contributed by atoms with Gasteiger partial charge in [-0.05, 0) is 45.6 Å². The SMILES string of the molecule is NNc1ccc(-c2ccsc2)cc1Cc1cc(N2CCOCC2)ncn1. The Labute approximate surface area is 156 Å². The quantitative estimate of drug-likeness (QED) is 0.533. The molecule has 0 spiro atoms. The molecule has 3 N–H and O–H groups in total. The molecule has 1 aliphatic rings. The molecule has 26 heavy (non-hydrogen) atoms. The lowest BCUT2D eigenvalue weighted by Gasteiger charge is -2.27. The number of hydrogen-bond acceptors (Lipinski definition) is 7. The molecular weight excluding hydrogens is 346 g/mol. The first-order valence-corrected chi connectivity index (χ1v) is 9.53. The van der Waals surface area contributed by atoms with E-state index in [0.717, 1.165) is 49.1 Å². The average molecular weight is 367 g/mol. The van der Waals surface area contributed by atoms with Crippen molar-refractivity contribution in [2.24, 2.45) is 5.84 Å². The highest BCUT2D eigenvalue weighted by atomic mass is 32.1. The molecule has 3 aromatic rings. The number of morpholine rings is 1. The number of nitrogens with one attached hydrogen (secondary N) is 1. The monoisotopic (exact) mass is 367 g/mol. The summed E-state index contributed by atoms with van der Waals surface area (Å²) in [5.74, 6) is 6.67. The fourth-order valence-electron chi connectivity index (χ4n) is 3.13. The van der Waals surface area contributed by atoms with E-state index in [1.807, 2.05) is 6.07 Å². The zero-order valence-corrected chi connectivity index (χ0v) is 15.2. The van der Waals surface area contributed by atoms with Crippen LogP contribution in [-0.4, -0.2) is 36.3 Å². The number of nitrogens with two attached hydrogens (primary N) is 1. The second-order valence-electron chi connectivity index (χ2n) is 6.17. The smallest absolute Gasteiger partial charge is 0.132 e. The summed E-state index contributed by atoms with van der Waals surface area (Å²) in [5, 5.41) is 4.24. The summed E-state index contributed by atoms with van der Waals surface area (Å²) in [4.78, 5) is 11.1. The van der Waals surface area contributed by atoms with Gasteiger partial charge in [0, 0.05) is 25.6 Å². The van der Waals surface area contributed by atoms with E-state index in [2.05, 4.69) is 55.3 Å². The molecule has 0 atom stereocenters. The second-order valence-corrected chi connectivity index (χ2v) is 6.95. The maximum atomic E-state index is 5.72. The van der Waals surface area contributed by atoms with E-state index in [9.17, 15) is 0 Å². The lowest BCUT2D eigenvalue weighted by atomic mass is 10.0. The highest BCUT2D eigenvalue weighted by Gasteiger charge is 2.14. The minimum atomic E-state index is 0.692. The van der Waals surface area contributed by atoms with E-state index in [-0.39, 0.29) is 0 Å². The predicted molar refractivity (Wildman–Crippen MR) is 105 cm³/mol. The van der Waals surface area contributed by atoms with Gasteiger partial charge in [0.2, 0.25) is 0 Å². The zero-order valence-electron chi connectivity index (χ0n) is 14.4. The van der Waals surface area contributed by atoms with Gasteiger partial charge in [0.1, 0.15) is 12.1 Å². The van der Waals surface area contributed by atoms with Crippen molar-refractivity contribution in [2.75, 3.05) is 36.6 Å². The maximum absolute atomic E-state index is 5.72. The molecule has 0 radical (unpaired) electrons. The summed E-state index contributed by atoms with van der Waals surface area (Å²) >= 11 is 1.70. The van der Waals surface area contributed by atoms with Crippen LogP contribution in [0.5, 0.6) is 0 Å². The zero-order chi connectivity index (χ0) is 17.8. The number of nitrogens with zero attached hydrogens (tertiary/aromatic N) is 3. The third-order valence-corrected chi connectivity index (χ3v) is 5.21. The number of thiophene rings is 1. The van der Waals surface area contributed by atoms with Crippen LogP contribution in [-0.2, 0) is 11.2 Å². The molecule has 3 heterocycles. The van der Waals surface area contributed by atoms with Crippen molar-refractivity contribution in [3.63, 3.8) is 0 Å². The molecule has 0 aliphatic carbocycles. The third-order valence-electron chi connectivity index (χ3n) is 4.53. The van der Waals surface area contributed by atoms with E-state index in [0.29, 0.717) is 6.42 Å². The second kappa shape index (κ2) is 7.82. The molecule has 1 aliphatic heterocycles.